The summed E-state index contributed by atoms with van der Waals surface area (Å²) in [5.41, 5.74) is 2.11. The van der Waals surface area contributed by atoms with Crippen LogP contribution in [0.25, 0.3) is 0 Å². The number of nitrogens with one attached hydrogen (secondary N) is 2. The van der Waals surface area contributed by atoms with Gasteiger partial charge in [-0.05, 0) is 46.6 Å². The van der Waals surface area contributed by atoms with Crippen LogP contribution in [0, 0.1) is 0 Å². The third-order valence-corrected chi connectivity index (χ3v) is 3.88. The third kappa shape index (κ3) is 3.98. The largest absolute Gasteiger partial charge is 0.472 e. The minimum absolute atomic E-state index is 0.259. The van der Waals surface area contributed by atoms with Crippen molar-refractivity contribution < 1.29 is 13.9 Å². The highest BCUT2D eigenvalue weighted by Crippen LogP contribution is 2.40. The van der Waals surface area contributed by atoms with Crippen molar-refractivity contribution in [2.75, 3.05) is 13.3 Å². The van der Waals surface area contributed by atoms with Crippen LogP contribution in [-0.2, 0) is 13.1 Å². The molecule has 122 valence electrons. The molecule has 6 nitrogen and oxygen atoms in total. The molecule has 0 bridgehead atoms. The quantitative estimate of drug-likeness (QED) is 0.617. The first-order chi connectivity index (χ1) is 11.3. The fourth-order valence-corrected chi connectivity index (χ4v) is 2.81. The van der Waals surface area contributed by atoms with E-state index in [9.17, 15) is 0 Å². The summed E-state index contributed by atoms with van der Waals surface area (Å²) in [5, 5.41) is 6.49. The van der Waals surface area contributed by atoms with Crippen LogP contribution < -0.4 is 20.1 Å². The van der Waals surface area contributed by atoms with Gasteiger partial charge in [0, 0.05) is 18.7 Å². The zero-order chi connectivity index (χ0) is 16.1. The maximum Gasteiger partial charge on any atom is 0.231 e. The van der Waals surface area contributed by atoms with Crippen molar-refractivity contribution in [1.29, 1.82) is 0 Å². The first-order valence-corrected chi connectivity index (χ1v) is 8.17. The smallest absolute Gasteiger partial charge is 0.231 e. The molecule has 23 heavy (non-hydrogen) atoms. The molecule has 0 atom stereocenters. The first-order valence-electron chi connectivity index (χ1n) is 7.37. The van der Waals surface area contributed by atoms with Gasteiger partial charge in [-0.1, -0.05) is 0 Å². The predicted molar refractivity (Wildman–Crippen MR) is 90.6 cm³/mol. The Kier molecular flexibility index (Phi) is 5.07. The Balaban J connectivity index is 1.66. The normalized spacial score (nSPS) is 13.2. The minimum atomic E-state index is 0.259. The highest BCUT2D eigenvalue weighted by atomic mass is 79.9. The average Bonchev–Trinajstić information content (AvgIpc) is 3.21. The molecule has 3 rings (SSSR count). The molecular weight excluding hydrogens is 362 g/mol. The standard InChI is InChI=1S/C16H18BrN3O3/c1-2-18-16(19-7-11-3-4-21-9-11)20-8-12-5-13(17)15-14(6-12)22-10-23-15/h3-6,9H,2,7-8,10H2,1H3,(H2,18,19,20). The van der Waals surface area contributed by atoms with Gasteiger partial charge in [0.05, 0.1) is 23.5 Å². The molecule has 1 aromatic heterocycles. The zero-order valence-corrected chi connectivity index (χ0v) is 14.4. The summed E-state index contributed by atoms with van der Waals surface area (Å²) in [6.07, 6.45) is 3.37. The number of hydrogen-bond donors (Lipinski definition) is 2. The minimum Gasteiger partial charge on any atom is -0.472 e. The van der Waals surface area contributed by atoms with E-state index in [0.29, 0.717) is 13.1 Å². The van der Waals surface area contributed by atoms with Crippen molar-refractivity contribution in [2.45, 2.75) is 20.0 Å². The monoisotopic (exact) mass is 379 g/mol. The molecular formula is C16H18BrN3O3. The van der Waals surface area contributed by atoms with E-state index >= 15 is 0 Å². The van der Waals surface area contributed by atoms with Crippen molar-refractivity contribution in [3.63, 3.8) is 0 Å². The van der Waals surface area contributed by atoms with Gasteiger partial charge >= 0.3 is 0 Å². The number of hydrogen-bond acceptors (Lipinski definition) is 4. The Hall–Kier alpha value is -2.15. The second kappa shape index (κ2) is 7.41. The number of furan rings is 1. The van der Waals surface area contributed by atoms with Crippen LogP contribution in [0.2, 0.25) is 0 Å². The molecule has 0 radical (unpaired) electrons. The van der Waals surface area contributed by atoms with E-state index in [1.165, 1.54) is 0 Å². The summed E-state index contributed by atoms with van der Waals surface area (Å²) in [6.45, 7) is 4.28. The molecule has 0 saturated heterocycles. The van der Waals surface area contributed by atoms with Gasteiger partial charge in [0.2, 0.25) is 6.79 Å². The van der Waals surface area contributed by atoms with Crippen LogP contribution in [0.4, 0.5) is 0 Å². The lowest BCUT2D eigenvalue weighted by Crippen LogP contribution is -2.36. The Morgan fingerprint density at radius 2 is 2.17 bits per heavy atom. The summed E-state index contributed by atoms with van der Waals surface area (Å²) in [5.74, 6) is 2.26. The molecule has 2 aromatic rings. The molecule has 0 fully saturated rings. The maximum atomic E-state index is 5.43. The van der Waals surface area contributed by atoms with Crippen LogP contribution in [0.1, 0.15) is 18.1 Å². The van der Waals surface area contributed by atoms with Crippen molar-refractivity contribution in [3.05, 3.63) is 46.3 Å². The lowest BCUT2D eigenvalue weighted by atomic mass is 10.2. The number of ether oxygens (including phenoxy) is 2. The van der Waals surface area contributed by atoms with Gasteiger partial charge in [0.1, 0.15) is 0 Å². The van der Waals surface area contributed by atoms with E-state index in [1.807, 2.05) is 25.1 Å². The van der Waals surface area contributed by atoms with Crippen LogP contribution in [-0.4, -0.2) is 19.3 Å². The van der Waals surface area contributed by atoms with Crippen molar-refractivity contribution in [1.82, 2.24) is 10.6 Å². The molecule has 0 amide bonds. The van der Waals surface area contributed by atoms with Crippen molar-refractivity contribution in [3.8, 4) is 11.5 Å². The van der Waals surface area contributed by atoms with Gasteiger partial charge < -0.3 is 24.5 Å². The third-order valence-electron chi connectivity index (χ3n) is 3.29. The van der Waals surface area contributed by atoms with Gasteiger partial charge in [0.15, 0.2) is 17.5 Å². The van der Waals surface area contributed by atoms with Crippen molar-refractivity contribution in [2.24, 2.45) is 4.99 Å². The molecule has 1 aliphatic heterocycles. The van der Waals surface area contributed by atoms with Crippen LogP contribution >= 0.6 is 15.9 Å². The molecule has 7 heteroatoms. The van der Waals surface area contributed by atoms with Gasteiger partial charge in [0.25, 0.3) is 0 Å². The predicted octanol–water partition coefficient (Wildman–Crippen LogP) is 3.03. The molecule has 0 unspecified atom stereocenters. The number of fused-ring (bicyclic) bond motifs is 1. The SMILES string of the molecule is CCNC(=NCc1cc(Br)c2c(c1)OCO2)NCc1ccoc1. The molecule has 2 heterocycles. The van der Waals surface area contributed by atoms with Crippen LogP contribution in [0.3, 0.4) is 0 Å². The van der Waals surface area contributed by atoms with E-state index in [2.05, 4.69) is 31.6 Å². The highest BCUT2D eigenvalue weighted by molar-refractivity contribution is 9.10. The van der Waals surface area contributed by atoms with E-state index in [4.69, 9.17) is 13.9 Å². The van der Waals surface area contributed by atoms with E-state index in [1.54, 1.807) is 12.5 Å². The molecule has 1 aromatic carbocycles. The van der Waals surface area contributed by atoms with Gasteiger partial charge in [-0.25, -0.2) is 4.99 Å². The topological polar surface area (TPSA) is 68.0 Å². The lowest BCUT2D eigenvalue weighted by molar-refractivity contribution is 0.173. The van der Waals surface area contributed by atoms with E-state index in [-0.39, 0.29) is 6.79 Å². The molecule has 0 aliphatic carbocycles. The lowest BCUT2D eigenvalue weighted by Gasteiger charge is -2.10. The molecule has 2 N–H and O–H groups in total. The Labute approximate surface area is 143 Å². The Morgan fingerprint density at radius 1 is 1.26 bits per heavy atom. The summed E-state index contributed by atoms with van der Waals surface area (Å²) in [6, 6.07) is 5.87. The second-order valence-corrected chi connectivity index (χ2v) is 5.85. The Bertz CT molecular complexity index is 686. The summed E-state index contributed by atoms with van der Waals surface area (Å²) in [7, 11) is 0. The number of aliphatic imine (C=N–C) groups is 1. The molecule has 0 saturated carbocycles. The first kappa shape index (κ1) is 15.7. The highest BCUT2D eigenvalue weighted by Gasteiger charge is 2.17. The summed E-state index contributed by atoms with van der Waals surface area (Å²) >= 11 is 3.50. The zero-order valence-electron chi connectivity index (χ0n) is 12.8. The number of nitrogens with zero attached hydrogens (tertiary/aromatic N) is 1. The van der Waals surface area contributed by atoms with Gasteiger partial charge in [-0.3, -0.25) is 0 Å². The number of benzene rings is 1. The van der Waals surface area contributed by atoms with E-state index < -0.39 is 0 Å². The van der Waals surface area contributed by atoms with Crippen LogP contribution in [0.15, 0.2) is 44.6 Å². The second-order valence-electron chi connectivity index (χ2n) is 4.99. The van der Waals surface area contributed by atoms with E-state index in [0.717, 1.165) is 39.6 Å². The summed E-state index contributed by atoms with van der Waals surface area (Å²) < 4.78 is 16.8. The number of guanidine groups is 1. The Morgan fingerprint density at radius 3 is 2.96 bits per heavy atom. The number of halogens is 1. The maximum absolute atomic E-state index is 5.43. The van der Waals surface area contributed by atoms with Crippen LogP contribution in [0.5, 0.6) is 11.5 Å². The average molecular weight is 380 g/mol. The van der Waals surface area contributed by atoms with Gasteiger partial charge in [-0.15, -0.1) is 0 Å². The van der Waals surface area contributed by atoms with Crippen molar-refractivity contribution >= 4 is 21.9 Å². The fraction of sp³-hybridized carbons (Fsp3) is 0.312. The molecule has 1 aliphatic rings. The fourth-order valence-electron chi connectivity index (χ4n) is 2.20. The van der Waals surface area contributed by atoms with Gasteiger partial charge in [-0.2, -0.15) is 0 Å². The summed E-state index contributed by atoms with van der Waals surface area (Å²) in [4.78, 5) is 4.60. The number of rotatable bonds is 5. The molecule has 0 spiro atoms.